The molecule has 0 radical (unpaired) electrons. The van der Waals surface area contributed by atoms with Crippen molar-refractivity contribution in [3.63, 3.8) is 0 Å². The molecule has 4 rings (SSSR count). The molecule has 1 fully saturated rings. The molecule has 134 valence electrons. The summed E-state index contributed by atoms with van der Waals surface area (Å²) >= 11 is 1.31. The molecule has 1 saturated carbocycles. The number of aromatic nitrogens is 2. The number of carbonyl (C=O) groups is 1. The van der Waals surface area contributed by atoms with Crippen LogP contribution in [0.4, 0.5) is 0 Å². The predicted octanol–water partition coefficient (Wildman–Crippen LogP) is 3.49. The van der Waals surface area contributed by atoms with Gasteiger partial charge in [-0.1, -0.05) is 43.2 Å². The number of thiophene rings is 1. The zero-order valence-corrected chi connectivity index (χ0v) is 15.5. The molecule has 0 spiro atoms. The Bertz CT molecular complexity index is 1000. The lowest BCUT2D eigenvalue weighted by Crippen LogP contribution is -2.32. The highest BCUT2D eigenvalue weighted by Gasteiger charge is 2.23. The smallest absolute Gasteiger partial charge is 0.262 e. The molecule has 1 aliphatic carbocycles. The van der Waals surface area contributed by atoms with Gasteiger partial charge < -0.3 is 5.32 Å². The SMILES string of the molecule is Cc1c(C(=O)NC2CCCC2)sc2ncn(Cc3ccccc3)c(=O)c12. The van der Waals surface area contributed by atoms with Gasteiger partial charge in [0.1, 0.15) is 4.83 Å². The lowest BCUT2D eigenvalue weighted by atomic mass is 10.2. The second-order valence-corrected chi connectivity index (χ2v) is 7.85. The second-order valence-electron chi connectivity index (χ2n) is 6.85. The molecule has 2 heterocycles. The van der Waals surface area contributed by atoms with Crippen LogP contribution in [0.15, 0.2) is 41.5 Å². The molecule has 0 bridgehead atoms. The summed E-state index contributed by atoms with van der Waals surface area (Å²) in [5.74, 6) is -0.0774. The first kappa shape index (κ1) is 17.0. The maximum absolute atomic E-state index is 12.9. The molecule has 0 saturated heterocycles. The number of nitrogens with zero attached hydrogens (tertiary/aromatic N) is 2. The van der Waals surface area contributed by atoms with Crippen molar-refractivity contribution in [2.24, 2.45) is 0 Å². The number of hydrogen-bond donors (Lipinski definition) is 1. The average molecular weight is 367 g/mol. The Hall–Kier alpha value is -2.47. The Labute approximate surface area is 155 Å². The van der Waals surface area contributed by atoms with Crippen LogP contribution in [0.3, 0.4) is 0 Å². The molecule has 6 heteroatoms. The number of fused-ring (bicyclic) bond motifs is 1. The normalized spacial score (nSPS) is 14.8. The predicted molar refractivity (Wildman–Crippen MR) is 104 cm³/mol. The van der Waals surface area contributed by atoms with E-state index in [9.17, 15) is 9.59 Å². The lowest BCUT2D eigenvalue weighted by Gasteiger charge is -2.11. The third-order valence-electron chi connectivity index (χ3n) is 5.01. The maximum Gasteiger partial charge on any atom is 0.262 e. The maximum atomic E-state index is 12.9. The minimum Gasteiger partial charge on any atom is -0.349 e. The summed E-state index contributed by atoms with van der Waals surface area (Å²) in [4.78, 5) is 31.2. The van der Waals surface area contributed by atoms with Crippen molar-refractivity contribution < 1.29 is 4.79 Å². The van der Waals surface area contributed by atoms with E-state index in [2.05, 4.69) is 10.3 Å². The fourth-order valence-electron chi connectivity index (χ4n) is 3.59. The molecule has 1 amide bonds. The van der Waals surface area contributed by atoms with Gasteiger partial charge in [-0.2, -0.15) is 0 Å². The van der Waals surface area contributed by atoms with E-state index in [4.69, 9.17) is 0 Å². The minimum absolute atomic E-state index is 0.0774. The van der Waals surface area contributed by atoms with Crippen molar-refractivity contribution in [1.82, 2.24) is 14.9 Å². The van der Waals surface area contributed by atoms with Gasteiger partial charge in [-0.15, -0.1) is 11.3 Å². The molecular weight excluding hydrogens is 346 g/mol. The quantitative estimate of drug-likeness (QED) is 0.768. The molecule has 1 aromatic carbocycles. The third kappa shape index (κ3) is 3.17. The zero-order valence-electron chi connectivity index (χ0n) is 14.7. The van der Waals surface area contributed by atoms with Gasteiger partial charge in [0.05, 0.1) is 23.1 Å². The van der Waals surface area contributed by atoms with Crippen molar-refractivity contribution in [1.29, 1.82) is 0 Å². The van der Waals surface area contributed by atoms with Crippen molar-refractivity contribution in [2.75, 3.05) is 0 Å². The standard InChI is InChI=1S/C20H21N3O2S/c1-13-16-19(26-17(13)18(24)22-15-9-5-6-10-15)21-12-23(20(16)25)11-14-7-3-2-4-8-14/h2-4,7-8,12,15H,5-6,9-11H2,1H3,(H,22,24). The van der Waals surface area contributed by atoms with E-state index in [1.807, 2.05) is 37.3 Å². The summed E-state index contributed by atoms with van der Waals surface area (Å²) in [5, 5.41) is 3.67. The van der Waals surface area contributed by atoms with Crippen LogP contribution >= 0.6 is 11.3 Å². The van der Waals surface area contributed by atoms with E-state index in [0.29, 0.717) is 21.6 Å². The van der Waals surface area contributed by atoms with E-state index in [-0.39, 0.29) is 17.5 Å². The number of rotatable bonds is 4. The van der Waals surface area contributed by atoms with Crippen LogP contribution in [0.1, 0.15) is 46.5 Å². The monoisotopic (exact) mass is 367 g/mol. The van der Waals surface area contributed by atoms with Gasteiger partial charge in [0.2, 0.25) is 0 Å². The van der Waals surface area contributed by atoms with Crippen LogP contribution < -0.4 is 10.9 Å². The molecule has 1 aliphatic rings. The van der Waals surface area contributed by atoms with E-state index in [1.54, 1.807) is 10.9 Å². The van der Waals surface area contributed by atoms with Crippen molar-refractivity contribution >= 4 is 27.5 Å². The first-order valence-electron chi connectivity index (χ1n) is 8.97. The van der Waals surface area contributed by atoms with Crippen molar-refractivity contribution in [3.05, 3.63) is 63.0 Å². The van der Waals surface area contributed by atoms with Gasteiger partial charge in [0, 0.05) is 6.04 Å². The van der Waals surface area contributed by atoms with Gasteiger partial charge in [-0.3, -0.25) is 14.2 Å². The summed E-state index contributed by atoms with van der Waals surface area (Å²) in [6.07, 6.45) is 5.99. The Morgan fingerprint density at radius 1 is 1.27 bits per heavy atom. The van der Waals surface area contributed by atoms with Crippen LogP contribution in [0, 0.1) is 6.92 Å². The topological polar surface area (TPSA) is 64.0 Å². The molecule has 0 aliphatic heterocycles. The third-order valence-corrected chi connectivity index (χ3v) is 6.21. The molecule has 0 atom stereocenters. The lowest BCUT2D eigenvalue weighted by molar-refractivity contribution is 0.0941. The fourth-order valence-corrected chi connectivity index (χ4v) is 4.63. The molecule has 3 aromatic rings. The van der Waals surface area contributed by atoms with Crippen LogP contribution in [-0.4, -0.2) is 21.5 Å². The Balaban J connectivity index is 1.67. The van der Waals surface area contributed by atoms with E-state index >= 15 is 0 Å². The Kier molecular flexibility index (Phi) is 4.59. The van der Waals surface area contributed by atoms with Crippen LogP contribution in [-0.2, 0) is 6.54 Å². The Morgan fingerprint density at radius 3 is 2.73 bits per heavy atom. The van der Waals surface area contributed by atoms with E-state index < -0.39 is 0 Å². The van der Waals surface area contributed by atoms with E-state index in [1.165, 1.54) is 24.2 Å². The van der Waals surface area contributed by atoms with Crippen molar-refractivity contribution in [2.45, 2.75) is 45.2 Å². The van der Waals surface area contributed by atoms with Gasteiger partial charge >= 0.3 is 0 Å². The minimum atomic E-state index is -0.0903. The number of nitrogens with one attached hydrogen (secondary N) is 1. The first-order valence-corrected chi connectivity index (χ1v) is 9.78. The molecular formula is C20H21N3O2S. The summed E-state index contributed by atoms with van der Waals surface area (Å²) < 4.78 is 1.61. The molecule has 26 heavy (non-hydrogen) atoms. The van der Waals surface area contributed by atoms with Crippen molar-refractivity contribution in [3.8, 4) is 0 Å². The zero-order chi connectivity index (χ0) is 18.1. The number of amides is 1. The number of hydrogen-bond acceptors (Lipinski definition) is 4. The average Bonchev–Trinajstić information content (AvgIpc) is 3.26. The summed E-state index contributed by atoms with van der Waals surface area (Å²) in [6.45, 7) is 2.32. The van der Waals surface area contributed by atoms with Crippen LogP contribution in [0.25, 0.3) is 10.2 Å². The highest BCUT2D eigenvalue weighted by atomic mass is 32.1. The Morgan fingerprint density at radius 2 is 2.00 bits per heavy atom. The summed E-state index contributed by atoms with van der Waals surface area (Å²) in [5.41, 5.74) is 1.69. The van der Waals surface area contributed by atoms with Gasteiger partial charge in [0.15, 0.2) is 0 Å². The molecule has 2 aromatic heterocycles. The van der Waals surface area contributed by atoms with Gasteiger partial charge in [-0.05, 0) is 30.9 Å². The summed E-state index contributed by atoms with van der Waals surface area (Å²) in [6, 6.07) is 10.1. The van der Waals surface area contributed by atoms with Crippen LogP contribution in [0.2, 0.25) is 0 Å². The van der Waals surface area contributed by atoms with Gasteiger partial charge in [-0.25, -0.2) is 4.98 Å². The highest BCUT2D eigenvalue weighted by molar-refractivity contribution is 7.20. The molecule has 5 nitrogen and oxygen atoms in total. The molecule has 1 N–H and O–H groups in total. The first-order chi connectivity index (χ1) is 12.6. The van der Waals surface area contributed by atoms with Crippen LogP contribution in [0.5, 0.6) is 0 Å². The fraction of sp³-hybridized carbons (Fsp3) is 0.350. The number of carbonyl (C=O) groups excluding carboxylic acids is 1. The highest BCUT2D eigenvalue weighted by Crippen LogP contribution is 2.27. The number of aryl methyl sites for hydroxylation is 1. The van der Waals surface area contributed by atoms with E-state index in [0.717, 1.165) is 24.0 Å². The molecule has 0 unspecified atom stereocenters. The summed E-state index contributed by atoms with van der Waals surface area (Å²) in [7, 11) is 0. The largest absolute Gasteiger partial charge is 0.349 e. The van der Waals surface area contributed by atoms with Gasteiger partial charge in [0.25, 0.3) is 11.5 Å². The number of benzene rings is 1. The second kappa shape index (κ2) is 7.03.